The Morgan fingerprint density at radius 3 is 2.67 bits per heavy atom. The van der Waals surface area contributed by atoms with E-state index in [1.54, 1.807) is 0 Å². The van der Waals surface area contributed by atoms with Gasteiger partial charge in [0.1, 0.15) is 0 Å². The predicted molar refractivity (Wildman–Crippen MR) is 39.2 cm³/mol. The molecule has 0 spiro atoms. The summed E-state index contributed by atoms with van der Waals surface area (Å²) >= 11 is 5.16. The molecule has 0 bridgehead atoms. The van der Waals surface area contributed by atoms with Gasteiger partial charge in [-0.1, -0.05) is 0 Å². The van der Waals surface area contributed by atoms with Crippen LogP contribution in [0.3, 0.4) is 0 Å². The lowest BCUT2D eigenvalue weighted by Gasteiger charge is -1.96. The van der Waals surface area contributed by atoms with Crippen LogP contribution in [0, 0.1) is 11.9 Å². The Morgan fingerprint density at radius 2 is 2.17 bits per heavy atom. The van der Waals surface area contributed by atoms with E-state index in [2.05, 4.69) is 4.98 Å². The van der Waals surface area contributed by atoms with Crippen molar-refractivity contribution >= 4 is 17.4 Å². The highest BCUT2D eigenvalue weighted by molar-refractivity contribution is 6.30. The Hall–Kier alpha value is -1.03. The second-order valence-corrected chi connectivity index (χ2v) is 2.30. The molecule has 1 rings (SSSR count). The zero-order chi connectivity index (χ0) is 9.14. The van der Waals surface area contributed by atoms with E-state index in [0.29, 0.717) is 0 Å². The molecule has 0 aromatic carbocycles. The lowest BCUT2D eigenvalue weighted by molar-refractivity contribution is 0.101. The summed E-state index contributed by atoms with van der Waals surface area (Å²) in [5, 5.41) is 0. The van der Waals surface area contributed by atoms with Crippen LogP contribution in [0.1, 0.15) is 10.4 Å². The second kappa shape index (κ2) is 3.58. The average molecular weight is 192 g/mol. The van der Waals surface area contributed by atoms with E-state index in [9.17, 15) is 13.6 Å². The number of Topliss-reactive ketones (excluding diaryl/α,β-unsaturated/α-hetero) is 1. The van der Waals surface area contributed by atoms with Crippen LogP contribution in [0.2, 0.25) is 0 Å². The third kappa shape index (κ3) is 1.76. The van der Waals surface area contributed by atoms with E-state index in [-0.39, 0.29) is 11.4 Å². The molecule has 0 aliphatic heterocycles. The van der Waals surface area contributed by atoms with Crippen LogP contribution in [0.4, 0.5) is 8.78 Å². The number of nitrogens with zero attached hydrogens (tertiary/aromatic N) is 1. The number of ketones is 1. The van der Waals surface area contributed by atoms with Gasteiger partial charge in [0.25, 0.3) is 0 Å². The van der Waals surface area contributed by atoms with Crippen molar-refractivity contribution in [2.24, 2.45) is 0 Å². The van der Waals surface area contributed by atoms with Crippen molar-refractivity contribution in [3.63, 3.8) is 0 Å². The lowest BCUT2D eigenvalue weighted by atomic mass is 10.2. The fourth-order valence-corrected chi connectivity index (χ4v) is 0.836. The summed E-state index contributed by atoms with van der Waals surface area (Å²) in [7, 11) is 0. The van der Waals surface area contributed by atoms with Gasteiger partial charge in [-0.2, -0.15) is 13.8 Å². The van der Waals surface area contributed by atoms with Crippen molar-refractivity contribution in [2.75, 3.05) is 5.88 Å². The molecule has 64 valence electrons. The number of pyridine rings is 1. The fraction of sp³-hybridized carbons (Fsp3) is 0.143. The molecule has 0 unspecified atom stereocenters. The SMILES string of the molecule is O=C(CCl)c1ccc(F)nc1F. The Morgan fingerprint density at radius 1 is 1.50 bits per heavy atom. The molecule has 0 saturated carbocycles. The Bertz CT molecular complexity index is 316. The number of carbonyl (C=O) groups excluding carboxylic acids is 1. The quantitative estimate of drug-likeness (QED) is 0.405. The first-order valence-corrected chi connectivity index (χ1v) is 3.60. The summed E-state index contributed by atoms with van der Waals surface area (Å²) in [5.74, 6) is -3.04. The molecule has 1 heterocycles. The highest BCUT2D eigenvalue weighted by Gasteiger charge is 2.11. The zero-order valence-electron chi connectivity index (χ0n) is 5.85. The van der Waals surface area contributed by atoms with Crippen LogP contribution >= 0.6 is 11.6 Å². The third-order valence-corrected chi connectivity index (χ3v) is 1.48. The molecule has 0 atom stereocenters. The maximum atomic E-state index is 12.7. The molecule has 2 nitrogen and oxygen atoms in total. The molecule has 5 heteroatoms. The van der Waals surface area contributed by atoms with Gasteiger partial charge in [0.15, 0.2) is 5.78 Å². The van der Waals surface area contributed by atoms with E-state index < -0.39 is 17.7 Å². The van der Waals surface area contributed by atoms with Crippen LogP contribution in [-0.2, 0) is 0 Å². The van der Waals surface area contributed by atoms with E-state index in [4.69, 9.17) is 11.6 Å². The molecular formula is C7H4ClF2NO. The van der Waals surface area contributed by atoms with Crippen molar-refractivity contribution in [3.05, 3.63) is 29.6 Å². The van der Waals surface area contributed by atoms with Crippen molar-refractivity contribution in [2.45, 2.75) is 0 Å². The summed E-state index contributed by atoms with van der Waals surface area (Å²) in [6.45, 7) is 0. The molecule has 0 radical (unpaired) electrons. The maximum absolute atomic E-state index is 12.7. The van der Waals surface area contributed by atoms with Gasteiger partial charge in [-0.3, -0.25) is 4.79 Å². The minimum Gasteiger partial charge on any atom is -0.293 e. The minimum absolute atomic E-state index is 0.286. The van der Waals surface area contributed by atoms with Crippen molar-refractivity contribution in [1.82, 2.24) is 4.98 Å². The van der Waals surface area contributed by atoms with Gasteiger partial charge in [0.2, 0.25) is 11.9 Å². The molecule has 0 aliphatic carbocycles. The topological polar surface area (TPSA) is 30.0 Å². The van der Waals surface area contributed by atoms with Crippen LogP contribution < -0.4 is 0 Å². The summed E-state index contributed by atoms with van der Waals surface area (Å²) in [5.41, 5.74) is -0.286. The van der Waals surface area contributed by atoms with Gasteiger partial charge in [0.05, 0.1) is 11.4 Å². The molecule has 1 aromatic heterocycles. The fourth-order valence-electron chi connectivity index (χ4n) is 0.692. The standard InChI is InChI=1S/C7H4ClF2NO/c8-3-5(12)4-1-2-6(9)11-7(4)10/h1-2H,3H2. The predicted octanol–water partition coefficient (Wildman–Crippen LogP) is 1.78. The molecule has 0 aliphatic rings. The number of carbonyl (C=O) groups is 1. The number of alkyl halides is 1. The first kappa shape index (κ1) is 9.06. The van der Waals surface area contributed by atoms with Crippen LogP contribution in [0.5, 0.6) is 0 Å². The van der Waals surface area contributed by atoms with Crippen molar-refractivity contribution in [1.29, 1.82) is 0 Å². The van der Waals surface area contributed by atoms with Gasteiger partial charge < -0.3 is 0 Å². The number of rotatable bonds is 2. The van der Waals surface area contributed by atoms with Crippen molar-refractivity contribution < 1.29 is 13.6 Å². The third-order valence-electron chi connectivity index (χ3n) is 1.24. The van der Waals surface area contributed by atoms with Gasteiger partial charge in [0, 0.05) is 0 Å². The van der Waals surface area contributed by atoms with E-state index >= 15 is 0 Å². The highest BCUT2D eigenvalue weighted by Crippen LogP contribution is 2.06. The Balaban J connectivity index is 3.09. The molecule has 1 aromatic rings. The van der Waals surface area contributed by atoms with E-state index in [1.807, 2.05) is 0 Å². The number of aromatic nitrogens is 1. The van der Waals surface area contributed by atoms with Gasteiger partial charge in [-0.05, 0) is 12.1 Å². The Labute approximate surface area is 72.2 Å². The first-order chi connectivity index (χ1) is 5.65. The zero-order valence-corrected chi connectivity index (χ0v) is 6.61. The van der Waals surface area contributed by atoms with Gasteiger partial charge >= 0.3 is 0 Å². The normalized spacial score (nSPS) is 9.92. The van der Waals surface area contributed by atoms with Crippen molar-refractivity contribution in [3.8, 4) is 0 Å². The number of hydrogen-bond donors (Lipinski definition) is 0. The highest BCUT2D eigenvalue weighted by atomic mass is 35.5. The number of halogens is 3. The van der Waals surface area contributed by atoms with Crippen LogP contribution in [0.15, 0.2) is 12.1 Å². The van der Waals surface area contributed by atoms with Crippen LogP contribution in [0.25, 0.3) is 0 Å². The van der Waals surface area contributed by atoms with Crippen LogP contribution in [-0.4, -0.2) is 16.6 Å². The summed E-state index contributed by atoms with van der Waals surface area (Å²) in [6.07, 6.45) is 0. The number of hydrogen-bond acceptors (Lipinski definition) is 2. The summed E-state index contributed by atoms with van der Waals surface area (Å²) < 4.78 is 24.9. The molecule has 12 heavy (non-hydrogen) atoms. The Kier molecular flexibility index (Phi) is 2.70. The van der Waals surface area contributed by atoms with E-state index in [0.717, 1.165) is 12.1 Å². The second-order valence-electron chi connectivity index (χ2n) is 2.03. The summed E-state index contributed by atoms with van der Waals surface area (Å²) in [4.78, 5) is 13.6. The molecule has 0 fully saturated rings. The minimum atomic E-state index is -1.12. The van der Waals surface area contributed by atoms with Gasteiger partial charge in [-0.25, -0.2) is 0 Å². The lowest BCUT2D eigenvalue weighted by Crippen LogP contribution is -2.06. The average Bonchev–Trinajstić information content (AvgIpc) is 2.03. The monoisotopic (exact) mass is 191 g/mol. The molecular weight excluding hydrogens is 188 g/mol. The smallest absolute Gasteiger partial charge is 0.226 e. The van der Waals surface area contributed by atoms with E-state index in [1.165, 1.54) is 0 Å². The molecule has 0 N–H and O–H groups in total. The maximum Gasteiger partial charge on any atom is 0.226 e. The van der Waals surface area contributed by atoms with Gasteiger partial charge in [-0.15, -0.1) is 11.6 Å². The summed E-state index contributed by atoms with van der Waals surface area (Å²) in [6, 6.07) is 1.92. The first-order valence-electron chi connectivity index (χ1n) is 3.06. The molecule has 0 saturated heterocycles. The largest absolute Gasteiger partial charge is 0.293 e. The molecule has 0 amide bonds.